The molecular weight excluding hydrogens is 320 g/mol. The Labute approximate surface area is 151 Å². The summed E-state index contributed by atoms with van der Waals surface area (Å²) in [6.07, 6.45) is 0.850. The molecule has 0 aromatic heterocycles. The fraction of sp³-hybridized carbons (Fsp3) is 0.130. The zero-order valence-corrected chi connectivity index (χ0v) is 14.2. The summed E-state index contributed by atoms with van der Waals surface area (Å²) in [5, 5.41) is 23.7. The van der Waals surface area contributed by atoms with Crippen LogP contribution < -0.4 is 0 Å². The molecule has 1 aliphatic heterocycles. The molecule has 0 bridgehead atoms. The maximum absolute atomic E-state index is 9.51. The maximum atomic E-state index is 9.51. The Kier molecular flexibility index (Phi) is 3.45. The maximum Gasteiger partial charge on any atom is 0.115 e. The molecule has 1 heterocycles. The van der Waals surface area contributed by atoms with Crippen LogP contribution in [0.5, 0.6) is 5.75 Å². The summed E-state index contributed by atoms with van der Waals surface area (Å²) in [5.74, 6) is 0.278. The average Bonchev–Trinajstić information content (AvgIpc) is 3.16. The lowest BCUT2D eigenvalue weighted by Crippen LogP contribution is -1.99. The van der Waals surface area contributed by atoms with E-state index in [2.05, 4.69) is 64.8 Å². The zero-order chi connectivity index (χ0) is 17.5. The van der Waals surface area contributed by atoms with Crippen LogP contribution in [0.25, 0.3) is 21.5 Å². The second kappa shape index (κ2) is 5.95. The van der Waals surface area contributed by atoms with Crippen molar-refractivity contribution in [1.29, 1.82) is 0 Å². The number of nitrogens with zero attached hydrogens (tertiary/aromatic N) is 2. The molecule has 26 heavy (non-hydrogen) atoms. The summed E-state index contributed by atoms with van der Waals surface area (Å²) in [6.45, 7) is 0. The van der Waals surface area contributed by atoms with E-state index < -0.39 is 0 Å². The number of azo groups is 1. The summed E-state index contributed by atoms with van der Waals surface area (Å²) in [4.78, 5) is 0. The van der Waals surface area contributed by atoms with Crippen LogP contribution in [0.1, 0.15) is 29.6 Å². The molecule has 0 fully saturated rings. The quantitative estimate of drug-likeness (QED) is 0.426. The van der Waals surface area contributed by atoms with Gasteiger partial charge in [-0.05, 0) is 50.9 Å². The number of hydrogen-bond donors (Lipinski definition) is 1. The van der Waals surface area contributed by atoms with Gasteiger partial charge in [0, 0.05) is 6.42 Å². The first-order chi connectivity index (χ1) is 12.8. The molecule has 4 aromatic carbocycles. The van der Waals surface area contributed by atoms with E-state index in [4.69, 9.17) is 0 Å². The van der Waals surface area contributed by atoms with Gasteiger partial charge in [0.25, 0.3) is 0 Å². The summed E-state index contributed by atoms with van der Waals surface area (Å²) in [5.41, 5.74) is 2.36. The molecule has 5 rings (SSSR count). The van der Waals surface area contributed by atoms with Crippen molar-refractivity contribution in [1.82, 2.24) is 0 Å². The highest BCUT2D eigenvalue weighted by molar-refractivity contribution is 6.02. The third-order valence-corrected chi connectivity index (χ3v) is 5.22. The van der Waals surface area contributed by atoms with Gasteiger partial charge < -0.3 is 5.11 Å². The van der Waals surface area contributed by atoms with Crippen LogP contribution in [0.15, 0.2) is 89.1 Å². The van der Waals surface area contributed by atoms with Gasteiger partial charge in [0.05, 0.1) is 12.1 Å². The summed E-state index contributed by atoms with van der Waals surface area (Å²) < 4.78 is 0. The van der Waals surface area contributed by atoms with Gasteiger partial charge in [0.1, 0.15) is 5.75 Å². The minimum atomic E-state index is 0.0401. The lowest BCUT2D eigenvalue weighted by atomic mass is 9.89. The molecule has 0 aliphatic carbocycles. The second-order valence-corrected chi connectivity index (χ2v) is 6.82. The Balaban J connectivity index is 1.62. The second-order valence-electron chi connectivity index (χ2n) is 6.82. The van der Waals surface area contributed by atoms with E-state index >= 15 is 0 Å². The largest absolute Gasteiger partial charge is 0.508 e. The van der Waals surface area contributed by atoms with Crippen LogP contribution in [0.3, 0.4) is 0 Å². The van der Waals surface area contributed by atoms with Gasteiger partial charge in [0.15, 0.2) is 0 Å². The first-order valence-electron chi connectivity index (χ1n) is 8.89. The number of rotatable bonds is 2. The SMILES string of the molecule is Oc1ccc([C@@H]2CC(c3c4ccccc4cc4ccccc34)N=N2)cc1. The highest BCUT2D eigenvalue weighted by Crippen LogP contribution is 2.43. The zero-order valence-electron chi connectivity index (χ0n) is 14.2. The number of phenolic OH excluding ortho intramolecular Hbond substituents is 1. The van der Waals surface area contributed by atoms with E-state index in [0.717, 1.165) is 12.0 Å². The third-order valence-electron chi connectivity index (χ3n) is 5.22. The number of aromatic hydroxyl groups is 1. The van der Waals surface area contributed by atoms with Gasteiger partial charge in [-0.2, -0.15) is 10.2 Å². The predicted octanol–water partition coefficient (Wildman–Crippen LogP) is 6.34. The molecule has 0 saturated heterocycles. The van der Waals surface area contributed by atoms with E-state index in [1.165, 1.54) is 27.1 Å². The number of benzene rings is 4. The fourth-order valence-electron chi connectivity index (χ4n) is 3.95. The van der Waals surface area contributed by atoms with Crippen molar-refractivity contribution in [3.8, 4) is 5.75 Å². The minimum absolute atomic E-state index is 0.0401. The Hall–Kier alpha value is -3.20. The molecule has 126 valence electrons. The highest BCUT2D eigenvalue weighted by atomic mass is 16.3. The standard InChI is InChI=1S/C23H18N2O/c26-18-11-9-15(10-12-18)21-14-22(25-24-21)23-19-7-3-1-5-16(19)13-17-6-2-4-8-20(17)23/h1-13,21-22,26H,14H2/t21-,22?/m0/s1. The fourth-order valence-corrected chi connectivity index (χ4v) is 3.95. The van der Waals surface area contributed by atoms with Gasteiger partial charge in [0.2, 0.25) is 0 Å². The lowest BCUT2D eigenvalue weighted by molar-refractivity contribution is 0.475. The van der Waals surface area contributed by atoms with Crippen molar-refractivity contribution in [2.24, 2.45) is 10.2 Å². The van der Waals surface area contributed by atoms with Gasteiger partial charge in [-0.15, -0.1) is 0 Å². The molecule has 3 heteroatoms. The molecule has 1 N–H and O–H groups in total. The predicted molar refractivity (Wildman–Crippen MR) is 105 cm³/mol. The number of fused-ring (bicyclic) bond motifs is 2. The van der Waals surface area contributed by atoms with Crippen molar-refractivity contribution in [3.63, 3.8) is 0 Å². The van der Waals surface area contributed by atoms with Gasteiger partial charge in [-0.3, -0.25) is 0 Å². The van der Waals surface area contributed by atoms with Crippen LogP contribution in [-0.4, -0.2) is 5.11 Å². The topological polar surface area (TPSA) is 45.0 Å². The highest BCUT2D eigenvalue weighted by Gasteiger charge is 2.27. The summed E-state index contributed by atoms with van der Waals surface area (Å²) in [6, 6.07) is 26.6. The smallest absolute Gasteiger partial charge is 0.115 e. The monoisotopic (exact) mass is 338 g/mol. The molecular formula is C23H18N2O. The van der Waals surface area contributed by atoms with Crippen LogP contribution in [0, 0.1) is 0 Å². The van der Waals surface area contributed by atoms with E-state index in [9.17, 15) is 5.11 Å². The van der Waals surface area contributed by atoms with Gasteiger partial charge in [-0.1, -0.05) is 60.7 Å². The molecule has 0 radical (unpaired) electrons. The third kappa shape index (κ3) is 2.44. The van der Waals surface area contributed by atoms with E-state index in [0.29, 0.717) is 0 Å². The minimum Gasteiger partial charge on any atom is -0.508 e. The molecule has 2 atom stereocenters. The van der Waals surface area contributed by atoms with E-state index in [-0.39, 0.29) is 17.8 Å². The van der Waals surface area contributed by atoms with Crippen LogP contribution in [-0.2, 0) is 0 Å². The van der Waals surface area contributed by atoms with Crippen molar-refractivity contribution in [3.05, 3.63) is 90.0 Å². The Bertz CT molecular complexity index is 1080. The Morgan fingerprint density at radius 2 is 1.27 bits per heavy atom. The van der Waals surface area contributed by atoms with Crippen molar-refractivity contribution >= 4 is 21.5 Å². The Morgan fingerprint density at radius 1 is 0.692 bits per heavy atom. The first kappa shape index (κ1) is 15.1. The molecule has 1 aliphatic rings. The summed E-state index contributed by atoms with van der Waals surface area (Å²) >= 11 is 0. The lowest BCUT2D eigenvalue weighted by Gasteiger charge is -2.15. The first-order valence-corrected chi connectivity index (χ1v) is 8.89. The molecule has 4 aromatic rings. The van der Waals surface area contributed by atoms with Gasteiger partial charge >= 0.3 is 0 Å². The van der Waals surface area contributed by atoms with E-state index in [1.807, 2.05) is 12.1 Å². The van der Waals surface area contributed by atoms with Crippen molar-refractivity contribution < 1.29 is 5.11 Å². The van der Waals surface area contributed by atoms with Crippen LogP contribution in [0.4, 0.5) is 0 Å². The molecule has 0 spiro atoms. The number of phenols is 1. The van der Waals surface area contributed by atoms with Crippen LogP contribution in [0.2, 0.25) is 0 Å². The normalized spacial score (nSPS) is 19.4. The Morgan fingerprint density at radius 3 is 1.92 bits per heavy atom. The van der Waals surface area contributed by atoms with E-state index in [1.54, 1.807) is 12.1 Å². The van der Waals surface area contributed by atoms with Crippen molar-refractivity contribution in [2.45, 2.75) is 18.5 Å². The molecule has 0 amide bonds. The molecule has 1 unspecified atom stereocenters. The van der Waals surface area contributed by atoms with Gasteiger partial charge in [-0.25, -0.2) is 0 Å². The van der Waals surface area contributed by atoms with Crippen LogP contribution >= 0.6 is 0 Å². The summed E-state index contributed by atoms with van der Waals surface area (Å²) in [7, 11) is 0. The molecule has 0 saturated carbocycles. The van der Waals surface area contributed by atoms with Crippen molar-refractivity contribution in [2.75, 3.05) is 0 Å². The molecule has 3 nitrogen and oxygen atoms in total. The average molecular weight is 338 g/mol. The number of hydrogen-bond acceptors (Lipinski definition) is 3.